The predicted octanol–water partition coefficient (Wildman–Crippen LogP) is 2.77. The molecule has 0 unspecified atom stereocenters. The fourth-order valence-electron chi connectivity index (χ4n) is 2.44. The van der Waals surface area contributed by atoms with Crippen molar-refractivity contribution >= 4 is 21.5 Å². The third kappa shape index (κ3) is 3.21. The number of rotatable bonds is 4. The van der Waals surface area contributed by atoms with E-state index in [1.165, 1.54) is 13.0 Å². The molecule has 2 aromatic carbocycles. The molecule has 0 aromatic heterocycles. The molecule has 1 aliphatic rings. The number of hydrogen-bond acceptors (Lipinski definition) is 5. The number of fused-ring (bicyclic) bond motifs is 1. The quantitative estimate of drug-likeness (QED) is 0.860. The second-order valence-electron chi connectivity index (χ2n) is 5.50. The smallest absolute Gasteiger partial charge is 0.262 e. The number of ether oxygens (including phenoxy) is 2. The topological polar surface area (TPSA) is 81.7 Å². The third-order valence-electron chi connectivity index (χ3n) is 3.67. The lowest BCUT2D eigenvalue weighted by Crippen LogP contribution is -2.18. The third-order valence-corrected chi connectivity index (χ3v) is 5.20. The van der Waals surface area contributed by atoms with Crippen LogP contribution in [0.5, 0.6) is 11.5 Å². The zero-order valence-electron chi connectivity index (χ0n) is 13.3. The Morgan fingerprint density at radius 1 is 1.04 bits per heavy atom. The molecule has 6 nitrogen and oxygen atoms in total. The van der Waals surface area contributed by atoms with Gasteiger partial charge in [0.05, 0.1) is 4.90 Å². The van der Waals surface area contributed by atoms with Crippen molar-refractivity contribution in [1.82, 2.24) is 0 Å². The molecule has 0 bridgehead atoms. The molecule has 0 spiro atoms. The number of carbonyl (C=O) groups excluding carboxylic acids is 1. The van der Waals surface area contributed by atoms with Crippen LogP contribution in [0.15, 0.2) is 41.3 Å². The minimum atomic E-state index is -3.78. The van der Waals surface area contributed by atoms with Crippen molar-refractivity contribution in [2.24, 2.45) is 0 Å². The average molecular weight is 347 g/mol. The molecule has 1 heterocycles. The van der Waals surface area contributed by atoms with E-state index >= 15 is 0 Å². The van der Waals surface area contributed by atoms with Gasteiger partial charge >= 0.3 is 0 Å². The van der Waals surface area contributed by atoms with Crippen molar-refractivity contribution < 1.29 is 22.7 Å². The van der Waals surface area contributed by atoms with Crippen molar-refractivity contribution in [1.29, 1.82) is 0 Å². The first-order valence-electron chi connectivity index (χ1n) is 7.41. The van der Waals surface area contributed by atoms with Gasteiger partial charge in [-0.2, -0.15) is 0 Å². The Labute approximate surface area is 140 Å². The molecular formula is C17H17NO5S. The number of ketones is 1. The van der Waals surface area contributed by atoms with Gasteiger partial charge in [-0.1, -0.05) is 0 Å². The molecule has 24 heavy (non-hydrogen) atoms. The van der Waals surface area contributed by atoms with E-state index in [0.717, 1.165) is 0 Å². The highest BCUT2D eigenvalue weighted by Gasteiger charge is 2.22. The van der Waals surface area contributed by atoms with Crippen LogP contribution in [-0.4, -0.2) is 27.4 Å². The van der Waals surface area contributed by atoms with E-state index in [1.54, 1.807) is 37.3 Å². The molecule has 0 aliphatic carbocycles. The van der Waals surface area contributed by atoms with Gasteiger partial charge in [-0.05, 0) is 49.7 Å². The summed E-state index contributed by atoms with van der Waals surface area (Å²) >= 11 is 0. The van der Waals surface area contributed by atoms with Gasteiger partial charge in [-0.3, -0.25) is 9.52 Å². The molecule has 0 atom stereocenters. The minimum Gasteiger partial charge on any atom is -0.486 e. The number of Topliss-reactive ketones (excluding diaryl/α,β-unsaturated/α-hetero) is 1. The van der Waals surface area contributed by atoms with E-state index in [2.05, 4.69) is 4.72 Å². The van der Waals surface area contributed by atoms with Crippen LogP contribution in [0, 0.1) is 6.92 Å². The fourth-order valence-corrected chi connectivity index (χ4v) is 3.75. The summed E-state index contributed by atoms with van der Waals surface area (Å²) in [6.45, 7) is 3.98. The maximum atomic E-state index is 12.7. The molecule has 2 aromatic rings. The van der Waals surface area contributed by atoms with Gasteiger partial charge in [0, 0.05) is 17.3 Å². The minimum absolute atomic E-state index is 0.0768. The zero-order valence-corrected chi connectivity index (χ0v) is 14.1. The predicted molar refractivity (Wildman–Crippen MR) is 89.4 cm³/mol. The van der Waals surface area contributed by atoms with Crippen LogP contribution in [-0.2, 0) is 10.0 Å². The highest BCUT2D eigenvalue weighted by molar-refractivity contribution is 7.92. The Kier molecular flexibility index (Phi) is 4.19. The number of benzene rings is 2. The van der Waals surface area contributed by atoms with Crippen molar-refractivity contribution in [2.45, 2.75) is 18.7 Å². The lowest BCUT2D eigenvalue weighted by atomic mass is 10.1. The van der Waals surface area contributed by atoms with E-state index in [-0.39, 0.29) is 10.7 Å². The summed E-state index contributed by atoms with van der Waals surface area (Å²) in [6, 6.07) is 9.40. The van der Waals surface area contributed by atoms with Gasteiger partial charge in [0.15, 0.2) is 17.3 Å². The number of sulfonamides is 1. The molecule has 3 rings (SSSR count). The van der Waals surface area contributed by atoms with Crippen LogP contribution in [0.2, 0.25) is 0 Å². The van der Waals surface area contributed by atoms with Crippen LogP contribution < -0.4 is 14.2 Å². The Balaban J connectivity index is 1.91. The van der Waals surface area contributed by atoms with E-state index in [0.29, 0.717) is 41.5 Å². The maximum Gasteiger partial charge on any atom is 0.262 e. The Morgan fingerprint density at radius 3 is 2.21 bits per heavy atom. The summed E-state index contributed by atoms with van der Waals surface area (Å²) in [5.41, 5.74) is 1.47. The summed E-state index contributed by atoms with van der Waals surface area (Å²) in [6.07, 6.45) is 0. The Bertz CT molecular complexity index is 888. The highest BCUT2D eigenvalue weighted by Crippen LogP contribution is 2.35. The first-order valence-corrected chi connectivity index (χ1v) is 8.89. The highest BCUT2D eigenvalue weighted by atomic mass is 32.2. The molecule has 0 radical (unpaired) electrons. The van der Waals surface area contributed by atoms with Gasteiger partial charge in [0.2, 0.25) is 0 Å². The monoisotopic (exact) mass is 347 g/mol. The van der Waals surface area contributed by atoms with Crippen LogP contribution in [0.1, 0.15) is 22.8 Å². The number of carbonyl (C=O) groups is 1. The zero-order chi connectivity index (χ0) is 17.3. The molecule has 0 amide bonds. The van der Waals surface area contributed by atoms with Gasteiger partial charge in [0.1, 0.15) is 13.2 Å². The van der Waals surface area contributed by atoms with Crippen molar-refractivity contribution in [2.75, 3.05) is 17.9 Å². The first-order chi connectivity index (χ1) is 11.4. The van der Waals surface area contributed by atoms with E-state index in [1.807, 2.05) is 0 Å². The lowest BCUT2D eigenvalue weighted by Gasteiger charge is -2.20. The van der Waals surface area contributed by atoms with Crippen molar-refractivity contribution in [3.8, 4) is 11.5 Å². The first kappa shape index (κ1) is 16.3. The lowest BCUT2D eigenvalue weighted by molar-refractivity contribution is 0.101. The van der Waals surface area contributed by atoms with E-state index in [9.17, 15) is 13.2 Å². The van der Waals surface area contributed by atoms with Gasteiger partial charge in [-0.15, -0.1) is 0 Å². The van der Waals surface area contributed by atoms with Crippen LogP contribution in [0.4, 0.5) is 5.69 Å². The second-order valence-corrected chi connectivity index (χ2v) is 7.15. The molecule has 0 saturated carbocycles. The molecular weight excluding hydrogens is 330 g/mol. The van der Waals surface area contributed by atoms with Crippen LogP contribution in [0.3, 0.4) is 0 Å². The molecule has 7 heteroatoms. The van der Waals surface area contributed by atoms with Gasteiger partial charge < -0.3 is 9.47 Å². The summed E-state index contributed by atoms with van der Waals surface area (Å²) in [7, 11) is -3.78. The standard InChI is InChI=1S/C17H17NO5S/c1-11-9-15-16(23-8-7-22-15)10-17(11)24(20,21)18-14-5-3-13(4-6-14)12(2)19/h3-6,9-10,18H,7-8H2,1-2H3. The van der Waals surface area contributed by atoms with E-state index in [4.69, 9.17) is 9.47 Å². The summed E-state index contributed by atoms with van der Waals surface area (Å²) < 4.78 is 38.7. The molecule has 1 N–H and O–H groups in total. The average Bonchev–Trinajstić information content (AvgIpc) is 2.54. The summed E-state index contributed by atoms with van der Waals surface area (Å²) in [4.78, 5) is 11.4. The molecule has 126 valence electrons. The summed E-state index contributed by atoms with van der Waals surface area (Å²) in [5.74, 6) is 0.884. The van der Waals surface area contributed by atoms with Gasteiger partial charge in [-0.25, -0.2) is 8.42 Å². The fraction of sp³-hybridized carbons (Fsp3) is 0.235. The number of nitrogens with one attached hydrogen (secondary N) is 1. The van der Waals surface area contributed by atoms with Gasteiger partial charge in [0.25, 0.3) is 10.0 Å². The second kappa shape index (κ2) is 6.16. The molecule has 0 fully saturated rings. The largest absolute Gasteiger partial charge is 0.486 e. The normalized spacial score (nSPS) is 13.4. The Morgan fingerprint density at radius 2 is 1.62 bits per heavy atom. The number of aryl methyl sites for hydroxylation is 1. The van der Waals surface area contributed by atoms with Crippen molar-refractivity contribution in [3.63, 3.8) is 0 Å². The Hall–Kier alpha value is -2.54. The SMILES string of the molecule is CC(=O)c1ccc(NS(=O)(=O)c2cc3c(cc2C)OCCO3)cc1. The number of anilines is 1. The van der Waals surface area contributed by atoms with Crippen molar-refractivity contribution in [3.05, 3.63) is 47.5 Å². The summed E-state index contributed by atoms with van der Waals surface area (Å²) in [5, 5.41) is 0. The van der Waals surface area contributed by atoms with Crippen LogP contribution in [0.25, 0.3) is 0 Å². The molecule has 1 aliphatic heterocycles. The maximum absolute atomic E-state index is 12.7. The molecule has 0 saturated heterocycles. The van der Waals surface area contributed by atoms with Crippen LogP contribution >= 0.6 is 0 Å². The number of hydrogen-bond donors (Lipinski definition) is 1. The van der Waals surface area contributed by atoms with E-state index < -0.39 is 10.0 Å².